The average molecular weight is 223 g/mol. The molecule has 0 aliphatic heterocycles. The SMILES string of the molecule is C=CCOC(=O)c1c(O)cc(N)c(C)c1O. The summed E-state index contributed by atoms with van der Waals surface area (Å²) in [5, 5.41) is 19.2. The zero-order valence-corrected chi connectivity index (χ0v) is 8.86. The number of carbonyl (C=O) groups excluding carboxylic acids is 1. The first-order valence-electron chi connectivity index (χ1n) is 4.58. The number of benzene rings is 1. The molecular formula is C11H13NO4. The molecule has 0 amide bonds. The van der Waals surface area contributed by atoms with Gasteiger partial charge in [0.2, 0.25) is 0 Å². The van der Waals surface area contributed by atoms with E-state index in [1.54, 1.807) is 0 Å². The summed E-state index contributed by atoms with van der Waals surface area (Å²) in [6.07, 6.45) is 1.39. The number of nitrogen functional groups attached to an aromatic ring is 1. The molecule has 86 valence electrons. The summed E-state index contributed by atoms with van der Waals surface area (Å²) in [6, 6.07) is 1.19. The maximum absolute atomic E-state index is 11.5. The number of hydrogen-bond donors (Lipinski definition) is 3. The third-order valence-corrected chi connectivity index (χ3v) is 2.11. The van der Waals surface area contributed by atoms with E-state index in [4.69, 9.17) is 10.5 Å². The van der Waals surface area contributed by atoms with Gasteiger partial charge >= 0.3 is 5.97 Å². The Morgan fingerprint density at radius 2 is 2.25 bits per heavy atom. The van der Waals surface area contributed by atoms with Crippen molar-refractivity contribution in [1.29, 1.82) is 0 Å². The molecule has 0 saturated heterocycles. The number of phenols is 2. The van der Waals surface area contributed by atoms with Gasteiger partial charge in [-0.15, -0.1) is 0 Å². The van der Waals surface area contributed by atoms with Crippen molar-refractivity contribution in [2.75, 3.05) is 12.3 Å². The molecule has 0 unspecified atom stereocenters. The second-order valence-electron chi connectivity index (χ2n) is 3.22. The van der Waals surface area contributed by atoms with E-state index in [9.17, 15) is 15.0 Å². The van der Waals surface area contributed by atoms with Crippen LogP contribution in [-0.2, 0) is 4.74 Å². The van der Waals surface area contributed by atoms with Crippen LogP contribution in [0.15, 0.2) is 18.7 Å². The van der Waals surface area contributed by atoms with Gasteiger partial charge in [0, 0.05) is 17.3 Å². The number of aromatic hydroxyl groups is 2. The first-order chi connectivity index (χ1) is 7.49. The van der Waals surface area contributed by atoms with E-state index in [1.165, 1.54) is 19.1 Å². The highest BCUT2D eigenvalue weighted by Crippen LogP contribution is 2.34. The molecule has 0 spiro atoms. The number of rotatable bonds is 3. The van der Waals surface area contributed by atoms with Crippen molar-refractivity contribution in [3.05, 3.63) is 29.8 Å². The Kier molecular flexibility index (Phi) is 3.40. The molecule has 0 aliphatic carbocycles. The van der Waals surface area contributed by atoms with Crippen molar-refractivity contribution in [3.63, 3.8) is 0 Å². The number of nitrogens with two attached hydrogens (primary N) is 1. The minimum absolute atomic E-state index is 0.00113. The third kappa shape index (κ3) is 2.08. The number of carbonyl (C=O) groups is 1. The van der Waals surface area contributed by atoms with Crippen LogP contribution in [0.4, 0.5) is 5.69 Å². The Hall–Kier alpha value is -2.17. The van der Waals surface area contributed by atoms with E-state index in [-0.39, 0.29) is 23.6 Å². The van der Waals surface area contributed by atoms with Crippen LogP contribution in [0.1, 0.15) is 15.9 Å². The van der Waals surface area contributed by atoms with E-state index < -0.39 is 11.7 Å². The van der Waals surface area contributed by atoms with E-state index in [1.807, 2.05) is 0 Å². The lowest BCUT2D eigenvalue weighted by Crippen LogP contribution is -2.07. The van der Waals surface area contributed by atoms with Gasteiger partial charge < -0.3 is 20.7 Å². The lowest BCUT2D eigenvalue weighted by Gasteiger charge is -2.10. The quantitative estimate of drug-likeness (QED) is 0.408. The van der Waals surface area contributed by atoms with Gasteiger partial charge in [-0.05, 0) is 6.92 Å². The normalized spacial score (nSPS) is 9.81. The van der Waals surface area contributed by atoms with Gasteiger partial charge in [-0.3, -0.25) is 0 Å². The number of phenolic OH excluding ortho intramolecular Hbond substituents is 2. The Morgan fingerprint density at radius 1 is 1.62 bits per heavy atom. The fourth-order valence-electron chi connectivity index (χ4n) is 1.18. The molecular weight excluding hydrogens is 210 g/mol. The molecule has 1 aromatic rings. The highest BCUT2D eigenvalue weighted by atomic mass is 16.5. The Morgan fingerprint density at radius 3 is 2.81 bits per heavy atom. The van der Waals surface area contributed by atoms with Crippen molar-refractivity contribution in [2.45, 2.75) is 6.92 Å². The maximum Gasteiger partial charge on any atom is 0.346 e. The van der Waals surface area contributed by atoms with Crippen LogP contribution < -0.4 is 5.73 Å². The number of esters is 1. The van der Waals surface area contributed by atoms with Crippen LogP contribution in [0.3, 0.4) is 0 Å². The molecule has 0 radical (unpaired) electrons. The van der Waals surface area contributed by atoms with Crippen molar-refractivity contribution in [1.82, 2.24) is 0 Å². The molecule has 0 fully saturated rings. The predicted octanol–water partition coefficient (Wildman–Crippen LogP) is 1.33. The lowest BCUT2D eigenvalue weighted by molar-refractivity contribution is 0.0543. The van der Waals surface area contributed by atoms with Gasteiger partial charge in [0.1, 0.15) is 23.7 Å². The molecule has 0 atom stereocenters. The van der Waals surface area contributed by atoms with Crippen molar-refractivity contribution >= 4 is 11.7 Å². The molecule has 1 rings (SSSR count). The summed E-state index contributed by atoms with van der Waals surface area (Å²) >= 11 is 0. The van der Waals surface area contributed by atoms with Gasteiger partial charge in [-0.25, -0.2) is 4.79 Å². The first-order valence-corrected chi connectivity index (χ1v) is 4.58. The minimum atomic E-state index is -0.821. The highest BCUT2D eigenvalue weighted by molar-refractivity contribution is 5.97. The number of ether oxygens (including phenoxy) is 1. The van der Waals surface area contributed by atoms with Crippen LogP contribution in [0.5, 0.6) is 11.5 Å². The zero-order chi connectivity index (χ0) is 12.3. The minimum Gasteiger partial charge on any atom is -0.507 e. The van der Waals surface area contributed by atoms with Crippen molar-refractivity contribution in [2.24, 2.45) is 0 Å². The van der Waals surface area contributed by atoms with Crippen molar-refractivity contribution < 1.29 is 19.7 Å². The van der Waals surface area contributed by atoms with E-state index >= 15 is 0 Å². The second-order valence-corrected chi connectivity index (χ2v) is 3.22. The third-order valence-electron chi connectivity index (χ3n) is 2.11. The van der Waals surface area contributed by atoms with Gasteiger partial charge in [-0.1, -0.05) is 12.7 Å². The summed E-state index contributed by atoms with van der Waals surface area (Å²) in [7, 11) is 0. The molecule has 5 nitrogen and oxygen atoms in total. The van der Waals surface area contributed by atoms with Crippen LogP contribution in [0.25, 0.3) is 0 Å². The Bertz CT molecular complexity index is 440. The average Bonchev–Trinajstić information content (AvgIpc) is 2.23. The summed E-state index contributed by atoms with van der Waals surface area (Å²) < 4.78 is 4.72. The molecule has 0 bridgehead atoms. The van der Waals surface area contributed by atoms with Crippen molar-refractivity contribution in [3.8, 4) is 11.5 Å². The Balaban J connectivity index is 3.18. The molecule has 4 N–H and O–H groups in total. The molecule has 0 heterocycles. The smallest absolute Gasteiger partial charge is 0.346 e. The first kappa shape index (κ1) is 11.9. The van der Waals surface area contributed by atoms with E-state index in [0.717, 1.165) is 0 Å². The summed E-state index contributed by atoms with van der Waals surface area (Å²) in [5.74, 6) is -1.60. The fourth-order valence-corrected chi connectivity index (χ4v) is 1.18. The van der Waals surface area contributed by atoms with Gasteiger partial charge in [-0.2, -0.15) is 0 Å². The van der Waals surface area contributed by atoms with Crippen LogP contribution >= 0.6 is 0 Å². The zero-order valence-electron chi connectivity index (χ0n) is 8.86. The maximum atomic E-state index is 11.5. The monoisotopic (exact) mass is 223 g/mol. The second kappa shape index (κ2) is 4.57. The summed E-state index contributed by atoms with van der Waals surface area (Å²) in [6.45, 7) is 4.92. The van der Waals surface area contributed by atoms with Crippen LogP contribution in [0.2, 0.25) is 0 Å². The molecule has 1 aromatic carbocycles. The number of hydrogen-bond acceptors (Lipinski definition) is 5. The van der Waals surface area contributed by atoms with E-state index in [2.05, 4.69) is 6.58 Å². The largest absolute Gasteiger partial charge is 0.507 e. The standard InChI is InChI=1S/C11H13NO4/c1-3-4-16-11(15)9-8(13)5-7(12)6(2)10(9)14/h3,5,13-14H,1,4,12H2,2H3. The molecule has 0 aliphatic rings. The molecule has 0 saturated carbocycles. The lowest BCUT2D eigenvalue weighted by atomic mass is 10.1. The predicted molar refractivity (Wildman–Crippen MR) is 59.4 cm³/mol. The van der Waals surface area contributed by atoms with Gasteiger partial charge in [0.05, 0.1) is 0 Å². The Labute approximate surface area is 92.8 Å². The van der Waals surface area contributed by atoms with Gasteiger partial charge in [0.15, 0.2) is 0 Å². The summed E-state index contributed by atoms with van der Waals surface area (Å²) in [5.41, 5.74) is 5.75. The molecule has 16 heavy (non-hydrogen) atoms. The van der Waals surface area contributed by atoms with Gasteiger partial charge in [0.25, 0.3) is 0 Å². The highest BCUT2D eigenvalue weighted by Gasteiger charge is 2.21. The topological polar surface area (TPSA) is 92.8 Å². The molecule has 5 heteroatoms. The number of anilines is 1. The van der Waals surface area contributed by atoms with Crippen LogP contribution in [0, 0.1) is 6.92 Å². The molecule has 0 aromatic heterocycles. The van der Waals surface area contributed by atoms with E-state index in [0.29, 0.717) is 5.56 Å². The summed E-state index contributed by atoms with van der Waals surface area (Å²) in [4.78, 5) is 11.5. The van der Waals surface area contributed by atoms with Crippen LogP contribution in [-0.4, -0.2) is 22.8 Å². The fraction of sp³-hybridized carbons (Fsp3) is 0.182.